The highest BCUT2D eigenvalue weighted by Crippen LogP contribution is 2.43. The molecule has 202 valence electrons. The van der Waals surface area contributed by atoms with E-state index in [2.05, 4.69) is 41.8 Å². The molecular formula is C30H12F2N4O2S4. The molecule has 0 aliphatic rings. The van der Waals surface area contributed by atoms with E-state index in [4.69, 9.17) is 8.83 Å². The van der Waals surface area contributed by atoms with Crippen molar-refractivity contribution in [3.8, 4) is 43.9 Å². The lowest BCUT2D eigenvalue weighted by Gasteiger charge is -1.98. The van der Waals surface area contributed by atoms with Gasteiger partial charge in [-0.05, 0) is 83.6 Å². The first kappa shape index (κ1) is 24.3. The molecule has 6 heterocycles. The molecule has 0 saturated carbocycles. The maximum atomic E-state index is 14.1. The minimum Gasteiger partial charge on any atom is -0.455 e. The van der Waals surface area contributed by atoms with Crippen LogP contribution in [0.1, 0.15) is 0 Å². The zero-order valence-corrected chi connectivity index (χ0v) is 24.2. The molecule has 0 amide bonds. The fourth-order valence-corrected chi connectivity index (χ4v) is 8.35. The van der Waals surface area contributed by atoms with Gasteiger partial charge in [-0.25, -0.2) is 8.78 Å². The topological polar surface area (TPSA) is 77.8 Å². The van der Waals surface area contributed by atoms with Crippen LogP contribution >= 0.6 is 46.1 Å². The molecule has 0 aliphatic carbocycles. The van der Waals surface area contributed by atoms with Gasteiger partial charge in [0.05, 0.1) is 33.2 Å². The van der Waals surface area contributed by atoms with Gasteiger partial charge in [0, 0.05) is 20.5 Å². The van der Waals surface area contributed by atoms with Gasteiger partial charge in [0.2, 0.25) is 0 Å². The van der Waals surface area contributed by atoms with Crippen molar-refractivity contribution in [3.05, 3.63) is 84.4 Å². The Balaban J connectivity index is 1.05. The molecular weight excluding hydrogens is 615 g/mol. The number of fused-ring (bicyclic) bond motifs is 4. The van der Waals surface area contributed by atoms with Crippen molar-refractivity contribution >= 4 is 88.4 Å². The number of halogens is 2. The Morgan fingerprint density at radius 2 is 0.905 bits per heavy atom. The number of aromatic nitrogens is 4. The van der Waals surface area contributed by atoms with Crippen molar-refractivity contribution < 1.29 is 17.6 Å². The summed E-state index contributed by atoms with van der Waals surface area (Å²) in [5.74, 6) is 1.94. The Morgan fingerprint density at radius 1 is 0.476 bits per heavy atom. The normalized spacial score (nSPS) is 12.0. The van der Waals surface area contributed by atoms with Crippen molar-refractivity contribution in [1.29, 1.82) is 0 Å². The second kappa shape index (κ2) is 9.07. The molecule has 0 saturated heterocycles. The Bertz CT molecular complexity index is 2260. The predicted molar refractivity (Wildman–Crippen MR) is 165 cm³/mol. The van der Waals surface area contributed by atoms with Crippen LogP contribution in [-0.4, -0.2) is 17.5 Å². The second-order valence-electron chi connectivity index (χ2n) is 9.59. The Labute approximate surface area is 250 Å². The van der Waals surface area contributed by atoms with Crippen LogP contribution in [0.5, 0.6) is 0 Å². The first-order valence-corrected chi connectivity index (χ1v) is 15.7. The van der Waals surface area contributed by atoms with Crippen LogP contribution in [0, 0.1) is 11.6 Å². The predicted octanol–water partition coefficient (Wildman–Crippen LogP) is 10.3. The lowest BCUT2D eigenvalue weighted by molar-refractivity contribution is 0.598. The molecule has 42 heavy (non-hydrogen) atoms. The molecule has 0 radical (unpaired) electrons. The summed E-state index contributed by atoms with van der Waals surface area (Å²) in [6, 6.07) is 22.4. The second-order valence-corrected chi connectivity index (χ2v) is 12.8. The van der Waals surface area contributed by atoms with Gasteiger partial charge in [-0.2, -0.15) is 17.5 Å². The summed E-state index contributed by atoms with van der Waals surface area (Å²) in [5.41, 5.74) is 2.95. The highest BCUT2D eigenvalue weighted by molar-refractivity contribution is 7.23. The lowest BCUT2D eigenvalue weighted by atomic mass is 10.1. The SMILES string of the molecule is Fc1ccc(-c2ccc(-c3cc4cc5sc(-c6ccc(-c7ccc(F)c8nsnc78)o6)cc5cc4s3)o2)c2nsnc12. The standard InChI is InChI=1S/C30H12F2N4O2S4/c31-17-3-1-15(27-29(17)35-41-33-27)19-5-7-21(37-19)25-11-13-9-24-14(10-23(13)39-25)12-26(40-24)22-8-6-20(38-22)16-2-4-18(32)30-28(16)34-42-36-30/h1-12H. The zero-order valence-electron chi connectivity index (χ0n) is 20.9. The molecule has 0 N–H and O–H groups in total. The molecule has 3 aromatic carbocycles. The Kier molecular flexibility index (Phi) is 5.24. The molecule has 0 unspecified atom stereocenters. The van der Waals surface area contributed by atoms with E-state index in [9.17, 15) is 8.78 Å². The molecule has 0 spiro atoms. The van der Waals surface area contributed by atoms with Crippen LogP contribution in [0.3, 0.4) is 0 Å². The van der Waals surface area contributed by atoms with Gasteiger partial charge in [-0.15, -0.1) is 22.7 Å². The number of benzene rings is 3. The number of rotatable bonds is 4. The summed E-state index contributed by atoms with van der Waals surface area (Å²) in [6.45, 7) is 0. The zero-order chi connectivity index (χ0) is 27.9. The molecule has 9 rings (SSSR count). The molecule has 6 nitrogen and oxygen atoms in total. The maximum absolute atomic E-state index is 14.1. The van der Waals surface area contributed by atoms with E-state index < -0.39 is 11.6 Å². The summed E-state index contributed by atoms with van der Waals surface area (Å²) in [4.78, 5) is 2.00. The van der Waals surface area contributed by atoms with Crippen LogP contribution in [0.4, 0.5) is 8.78 Å². The summed E-state index contributed by atoms with van der Waals surface area (Å²) < 4.78 is 59.6. The van der Waals surface area contributed by atoms with Crippen molar-refractivity contribution in [3.63, 3.8) is 0 Å². The summed E-state index contributed by atoms with van der Waals surface area (Å²) in [7, 11) is 0. The molecule has 12 heteroatoms. The van der Waals surface area contributed by atoms with Gasteiger partial charge in [-0.3, -0.25) is 0 Å². The van der Waals surface area contributed by atoms with Crippen molar-refractivity contribution in [2.24, 2.45) is 0 Å². The summed E-state index contributed by atoms with van der Waals surface area (Å²) in [6.07, 6.45) is 0. The van der Waals surface area contributed by atoms with Crippen LogP contribution in [-0.2, 0) is 0 Å². The van der Waals surface area contributed by atoms with Gasteiger partial charge in [0.25, 0.3) is 0 Å². The van der Waals surface area contributed by atoms with E-state index in [1.807, 2.05) is 24.3 Å². The minimum atomic E-state index is -0.392. The van der Waals surface area contributed by atoms with E-state index in [-0.39, 0.29) is 11.0 Å². The van der Waals surface area contributed by atoms with Gasteiger partial charge < -0.3 is 8.83 Å². The third-order valence-electron chi connectivity index (χ3n) is 7.12. The number of furan rings is 2. The Hall–Kier alpha value is -4.36. The van der Waals surface area contributed by atoms with Gasteiger partial charge >= 0.3 is 0 Å². The number of hydrogen-bond acceptors (Lipinski definition) is 10. The third kappa shape index (κ3) is 3.69. The highest BCUT2D eigenvalue weighted by atomic mass is 32.1. The van der Waals surface area contributed by atoms with E-state index in [0.29, 0.717) is 33.7 Å². The quantitative estimate of drug-likeness (QED) is 0.193. The fourth-order valence-electron chi connectivity index (χ4n) is 5.12. The van der Waals surface area contributed by atoms with E-state index in [0.717, 1.165) is 64.9 Å². The average Bonchev–Trinajstić information content (AvgIpc) is 3.83. The van der Waals surface area contributed by atoms with Gasteiger partial charge in [0.15, 0.2) is 11.6 Å². The monoisotopic (exact) mass is 626 g/mol. The molecule has 0 bridgehead atoms. The number of thiophene rings is 2. The third-order valence-corrected chi connectivity index (χ3v) is 10.4. The first-order valence-electron chi connectivity index (χ1n) is 12.6. The van der Waals surface area contributed by atoms with Crippen molar-refractivity contribution in [1.82, 2.24) is 17.5 Å². The van der Waals surface area contributed by atoms with Crippen molar-refractivity contribution in [2.75, 3.05) is 0 Å². The average molecular weight is 627 g/mol. The molecule has 6 aromatic heterocycles. The smallest absolute Gasteiger partial charge is 0.152 e. The van der Waals surface area contributed by atoms with Crippen LogP contribution in [0.2, 0.25) is 0 Å². The lowest BCUT2D eigenvalue weighted by Crippen LogP contribution is -1.82. The van der Waals surface area contributed by atoms with E-state index in [1.165, 1.54) is 12.1 Å². The molecule has 0 fully saturated rings. The van der Waals surface area contributed by atoms with Crippen LogP contribution in [0.25, 0.3) is 86.2 Å². The summed E-state index contributed by atoms with van der Waals surface area (Å²) in [5, 5.41) is 2.23. The van der Waals surface area contributed by atoms with Crippen LogP contribution < -0.4 is 0 Å². The highest BCUT2D eigenvalue weighted by Gasteiger charge is 2.18. The number of hydrogen-bond donors (Lipinski definition) is 0. The molecule has 0 atom stereocenters. The van der Waals surface area contributed by atoms with E-state index in [1.54, 1.807) is 34.8 Å². The van der Waals surface area contributed by atoms with Gasteiger partial charge in [0.1, 0.15) is 45.1 Å². The van der Waals surface area contributed by atoms with Gasteiger partial charge in [-0.1, -0.05) is 0 Å². The number of nitrogens with zero attached hydrogens (tertiary/aromatic N) is 4. The first-order chi connectivity index (χ1) is 20.6. The van der Waals surface area contributed by atoms with E-state index >= 15 is 0 Å². The maximum Gasteiger partial charge on any atom is 0.152 e. The minimum absolute atomic E-state index is 0.257. The molecule has 9 aromatic rings. The fraction of sp³-hybridized carbons (Fsp3) is 0. The van der Waals surface area contributed by atoms with Crippen molar-refractivity contribution in [2.45, 2.75) is 0 Å². The summed E-state index contributed by atoms with van der Waals surface area (Å²) >= 11 is 5.27. The Morgan fingerprint density at radius 3 is 1.38 bits per heavy atom. The largest absolute Gasteiger partial charge is 0.455 e. The van der Waals surface area contributed by atoms with Crippen LogP contribution in [0.15, 0.2) is 81.6 Å². The molecule has 0 aliphatic heterocycles.